The van der Waals surface area contributed by atoms with E-state index < -0.39 is 0 Å². The standard InChI is InChI=1S/C22H36N2/c1-19(2)15-7-9-21(19,5)17(13-15)23-11-12-24-18-14-16-8-10-22(18,6)20(16,3)4/h11-12,15-18H,7-10,13-14H2,1-6H3/t15-,16+,17+,18-,21+,22-. The van der Waals surface area contributed by atoms with Crippen LogP contribution in [-0.4, -0.2) is 24.5 Å². The van der Waals surface area contributed by atoms with Crippen LogP contribution < -0.4 is 0 Å². The van der Waals surface area contributed by atoms with Crippen molar-refractivity contribution in [2.75, 3.05) is 0 Å². The van der Waals surface area contributed by atoms with E-state index in [1.807, 2.05) is 12.4 Å². The van der Waals surface area contributed by atoms with Gasteiger partial charge >= 0.3 is 0 Å². The van der Waals surface area contributed by atoms with Crippen LogP contribution in [0.5, 0.6) is 0 Å². The molecular weight excluding hydrogens is 292 g/mol. The zero-order valence-electron chi connectivity index (χ0n) is 16.6. The molecule has 6 atom stereocenters. The molecule has 4 bridgehead atoms. The van der Waals surface area contributed by atoms with Crippen molar-refractivity contribution in [2.24, 2.45) is 43.5 Å². The normalized spacial score (nSPS) is 51.4. The maximum absolute atomic E-state index is 4.98. The second kappa shape index (κ2) is 4.95. The second-order valence-corrected chi connectivity index (χ2v) is 10.8. The highest BCUT2D eigenvalue weighted by Crippen LogP contribution is 2.67. The molecule has 0 spiro atoms. The van der Waals surface area contributed by atoms with Crippen molar-refractivity contribution in [3.05, 3.63) is 0 Å². The lowest BCUT2D eigenvalue weighted by Crippen LogP contribution is -2.35. The maximum atomic E-state index is 4.98. The van der Waals surface area contributed by atoms with Gasteiger partial charge in [0, 0.05) is 12.4 Å². The molecule has 4 rings (SSSR count). The van der Waals surface area contributed by atoms with Crippen LogP contribution in [0.3, 0.4) is 0 Å². The lowest BCUT2D eigenvalue weighted by Gasteiger charge is -2.37. The Balaban J connectivity index is 1.44. The molecule has 0 N–H and O–H groups in total. The maximum Gasteiger partial charge on any atom is 0.0561 e. The summed E-state index contributed by atoms with van der Waals surface area (Å²) in [6, 6.07) is 1.01. The molecule has 0 aliphatic heterocycles. The van der Waals surface area contributed by atoms with E-state index in [9.17, 15) is 0 Å². The van der Waals surface area contributed by atoms with E-state index in [-0.39, 0.29) is 0 Å². The number of nitrogens with zero attached hydrogens (tertiary/aromatic N) is 2. The van der Waals surface area contributed by atoms with Crippen LogP contribution in [0, 0.1) is 33.5 Å². The van der Waals surface area contributed by atoms with Gasteiger partial charge in [0.15, 0.2) is 0 Å². The van der Waals surface area contributed by atoms with Gasteiger partial charge in [-0.15, -0.1) is 0 Å². The van der Waals surface area contributed by atoms with Gasteiger partial charge in [-0.25, -0.2) is 0 Å². The predicted molar refractivity (Wildman–Crippen MR) is 103 cm³/mol. The molecule has 4 saturated carbocycles. The Morgan fingerprint density at radius 3 is 1.29 bits per heavy atom. The number of fused-ring (bicyclic) bond motifs is 4. The molecule has 0 aromatic heterocycles. The van der Waals surface area contributed by atoms with E-state index in [0.29, 0.717) is 33.7 Å². The Kier molecular flexibility index (Phi) is 3.46. The summed E-state index contributed by atoms with van der Waals surface area (Å²) in [6.45, 7) is 14.8. The van der Waals surface area contributed by atoms with Crippen molar-refractivity contribution in [1.29, 1.82) is 0 Å². The first-order valence-corrected chi connectivity index (χ1v) is 10.2. The molecule has 4 aliphatic carbocycles. The molecule has 0 aromatic rings. The minimum absolute atomic E-state index is 0.391. The summed E-state index contributed by atoms with van der Waals surface area (Å²) in [7, 11) is 0. The lowest BCUT2D eigenvalue weighted by molar-refractivity contribution is 0.137. The van der Waals surface area contributed by atoms with Gasteiger partial charge in [0.25, 0.3) is 0 Å². The fourth-order valence-corrected chi connectivity index (χ4v) is 7.06. The van der Waals surface area contributed by atoms with Gasteiger partial charge in [-0.2, -0.15) is 0 Å². The molecule has 0 amide bonds. The van der Waals surface area contributed by atoms with Gasteiger partial charge < -0.3 is 0 Å². The third kappa shape index (κ3) is 1.89. The first-order chi connectivity index (χ1) is 11.1. The van der Waals surface area contributed by atoms with Crippen molar-refractivity contribution in [3.63, 3.8) is 0 Å². The highest BCUT2D eigenvalue weighted by molar-refractivity contribution is 6.16. The quantitative estimate of drug-likeness (QED) is 0.606. The van der Waals surface area contributed by atoms with E-state index in [1.54, 1.807) is 0 Å². The van der Waals surface area contributed by atoms with Crippen molar-refractivity contribution in [1.82, 2.24) is 0 Å². The minimum Gasteiger partial charge on any atom is -0.288 e. The summed E-state index contributed by atoms with van der Waals surface area (Å²) < 4.78 is 0. The number of hydrogen-bond acceptors (Lipinski definition) is 2. The first kappa shape index (κ1) is 16.8. The molecule has 24 heavy (non-hydrogen) atoms. The van der Waals surface area contributed by atoms with E-state index in [1.165, 1.54) is 38.5 Å². The summed E-state index contributed by atoms with van der Waals surface area (Å²) >= 11 is 0. The summed E-state index contributed by atoms with van der Waals surface area (Å²) in [4.78, 5) is 9.96. The van der Waals surface area contributed by atoms with E-state index in [2.05, 4.69) is 41.5 Å². The lowest BCUT2D eigenvalue weighted by atomic mass is 9.69. The van der Waals surface area contributed by atoms with Gasteiger partial charge in [-0.05, 0) is 72.0 Å². The van der Waals surface area contributed by atoms with Crippen LogP contribution in [0.15, 0.2) is 9.98 Å². The predicted octanol–water partition coefficient (Wildman–Crippen LogP) is 5.56. The molecular formula is C22H36N2. The number of rotatable bonds is 3. The first-order valence-electron chi connectivity index (χ1n) is 10.2. The van der Waals surface area contributed by atoms with Gasteiger partial charge in [-0.3, -0.25) is 9.98 Å². The number of hydrogen-bond donors (Lipinski definition) is 0. The Labute approximate surface area is 148 Å². The summed E-state index contributed by atoms with van der Waals surface area (Å²) in [5.41, 5.74) is 1.69. The zero-order chi connectivity index (χ0) is 17.4. The van der Waals surface area contributed by atoms with E-state index in [4.69, 9.17) is 9.98 Å². The fraction of sp³-hybridized carbons (Fsp3) is 0.909. The van der Waals surface area contributed by atoms with E-state index >= 15 is 0 Å². The van der Waals surface area contributed by atoms with Crippen LogP contribution in [0.2, 0.25) is 0 Å². The van der Waals surface area contributed by atoms with Gasteiger partial charge in [0.1, 0.15) is 0 Å². The third-order valence-corrected chi connectivity index (χ3v) is 10.1. The number of aliphatic imine (C=N–C) groups is 2. The average Bonchev–Trinajstić information content (AvgIpc) is 3.02. The summed E-state index contributed by atoms with van der Waals surface area (Å²) in [6.07, 6.45) is 12.1. The van der Waals surface area contributed by atoms with Crippen molar-refractivity contribution >= 4 is 12.4 Å². The SMILES string of the molecule is CC1(C)[C@@H]2CC[C@@]1(C)[C@@H](N=CC=N[C@@H]1C[C@@H]3CC[C@@]1(C)C3(C)C)C2. The van der Waals surface area contributed by atoms with Crippen LogP contribution in [-0.2, 0) is 0 Å². The molecule has 4 aliphatic rings. The average molecular weight is 329 g/mol. The Hall–Kier alpha value is -0.660. The second-order valence-electron chi connectivity index (χ2n) is 10.8. The van der Waals surface area contributed by atoms with Crippen molar-refractivity contribution < 1.29 is 0 Å². The molecule has 0 heterocycles. The van der Waals surface area contributed by atoms with Crippen LogP contribution in [0.4, 0.5) is 0 Å². The largest absolute Gasteiger partial charge is 0.288 e. The fourth-order valence-electron chi connectivity index (χ4n) is 7.06. The van der Waals surface area contributed by atoms with Gasteiger partial charge in [-0.1, -0.05) is 41.5 Å². The Bertz CT molecular complexity index is 535. The molecule has 0 radical (unpaired) electrons. The summed E-state index contributed by atoms with van der Waals surface area (Å²) in [5, 5.41) is 0. The molecule has 0 unspecified atom stereocenters. The molecule has 0 saturated heterocycles. The highest BCUT2D eigenvalue weighted by Gasteiger charge is 2.62. The topological polar surface area (TPSA) is 24.7 Å². The Morgan fingerprint density at radius 2 is 1.04 bits per heavy atom. The van der Waals surface area contributed by atoms with Gasteiger partial charge in [0.05, 0.1) is 12.1 Å². The molecule has 4 fully saturated rings. The van der Waals surface area contributed by atoms with Crippen LogP contribution in [0.25, 0.3) is 0 Å². The van der Waals surface area contributed by atoms with Crippen LogP contribution in [0.1, 0.15) is 80.1 Å². The van der Waals surface area contributed by atoms with Crippen molar-refractivity contribution in [3.8, 4) is 0 Å². The molecule has 0 aromatic carbocycles. The van der Waals surface area contributed by atoms with E-state index in [0.717, 1.165) is 11.8 Å². The van der Waals surface area contributed by atoms with Gasteiger partial charge in [0.2, 0.25) is 0 Å². The Morgan fingerprint density at radius 1 is 0.667 bits per heavy atom. The monoisotopic (exact) mass is 328 g/mol. The highest BCUT2D eigenvalue weighted by atomic mass is 14.9. The molecule has 2 nitrogen and oxygen atoms in total. The molecule has 2 heteroatoms. The molecule has 134 valence electrons. The smallest absolute Gasteiger partial charge is 0.0561 e. The zero-order valence-corrected chi connectivity index (χ0v) is 16.6. The third-order valence-electron chi connectivity index (χ3n) is 10.1. The van der Waals surface area contributed by atoms with Crippen molar-refractivity contribution in [2.45, 2.75) is 92.2 Å². The summed E-state index contributed by atoms with van der Waals surface area (Å²) in [5.74, 6) is 1.73. The van der Waals surface area contributed by atoms with Crippen LogP contribution >= 0.6 is 0 Å². The minimum atomic E-state index is 0.391.